The van der Waals surface area contributed by atoms with Crippen LogP contribution in [0.15, 0.2) is 6.07 Å². The summed E-state index contributed by atoms with van der Waals surface area (Å²) in [5.41, 5.74) is 0.00488. The molecule has 0 aliphatic heterocycles. The highest BCUT2D eigenvalue weighted by atomic mass is 35.5. The molecule has 1 aromatic carbocycles. The van der Waals surface area contributed by atoms with Crippen molar-refractivity contribution in [2.45, 2.75) is 6.42 Å². The predicted octanol–water partition coefficient (Wildman–Crippen LogP) is 3.33. The van der Waals surface area contributed by atoms with E-state index in [-0.39, 0.29) is 45.4 Å². The number of phenolic OH excluding ortho intramolecular Hbond substituents is 1. The van der Waals surface area contributed by atoms with Crippen LogP contribution in [0.25, 0.3) is 0 Å². The lowest BCUT2D eigenvalue weighted by atomic mass is 10.2. The number of rotatable bonds is 4. The van der Waals surface area contributed by atoms with Gasteiger partial charge in [0.1, 0.15) is 5.69 Å². The molecule has 1 aromatic rings. The number of carbonyl (C=O) groups is 1. The molecule has 0 spiro atoms. The molecule has 7 heteroatoms. The molecule has 0 heterocycles. The monoisotopic (exact) mass is 297 g/mol. The normalized spacial score (nSPS) is 10.4. The lowest BCUT2D eigenvalue weighted by Gasteiger charge is -2.11. The summed E-state index contributed by atoms with van der Waals surface area (Å²) < 4.78 is 4.75. The third kappa shape index (κ3) is 3.64. The molecular weight excluding hydrogens is 288 g/mol. The van der Waals surface area contributed by atoms with Crippen molar-refractivity contribution in [1.82, 2.24) is 0 Å². The topological polar surface area (TPSA) is 58.6 Å². The first-order valence-electron chi connectivity index (χ1n) is 4.62. The zero-order valence-corrected chi connectivity index (χ0v) is 11.2. The Bertz CT molecular complexity index is 411. The molecule has 17 heavy (non-hydrogen) atoms. The first-order chi connectivity index (χ1) is 7.97. The first kappa shape index (κ1) is 14.4. The smallest absolute Gasteiger partial charge is 0.226 e. The van der Waals surface area contributed by atoms with Crippen molar-refractivity contribution in [3.8, 4) is 5.75 Å². The Morgan fingerprint density at radius 1 is 1.41 bits per heavy atom. The quantitative estimate of drug-likeness (QED) is 0.662. The van der Waals surface area contributed by atoms with Crippen molar-refractivity contribution in [1.29, 1.82) is 0 Å². The molecule has 0 saturated heterocycles. The highest BCUT2D eigenvalue weighted by molar-refractivity contribution is 6.46. The Kier molecular flexibility index (Phi) is 5.33. The van der Waals surface area contributed by atoms with Crippen LogP contribution < -0.4 is 5.32 Å². The zero-order valence-electron chi connectivity index (χ0n) is 8.89. The van der Waals surface area contributed by atoms with E-state index in [1.54, 1.807) is 0 Å². The van der Waals surface area contributed by atoms with E-state index in [4.69, 9.17) is 39.5 Å². The van der Waals surface area contributed by atoms with Crippen LogP contribution >= 0.6 is 34.8 Å². The fraction of sp³-hybridized carbons (Fsp3) is 0.300. The number of nitrogens with one attached hydrogen (secondary N) is 1. The fourth-order valence-electron chi connectivity index (χ4n) is 1.10. The molecule has 0 aliphatic rings. The van der Waals surface area contributed by atoms with E-state index in [0.29, 0.717) is 0 Å². The van der Waals surface area contributed by atoms with Crippen molar-refractivity contribution in [2.24, 2.45) is 0 Å². The molecule has 0 atom stereocenters. The number of carbonyl (C=O) groups excluding carboxylic acids is 1. The number of amides is 1. The van der Waals surface area contributed by atoms with Gasteiger partial charge in [0.25, 0.3) is 0 Å². The number of ether oxygens (including phenoxy) is 1. The molecular formula is C10H10Cl3NO3. The molecule has 0 bridgehead atoms. The summed E-state index contributed by atoms with van der Waals surface area (Å²) in [4.78, 5) is 11.5. The Labute approximate surface area is 113 Å². The van der Waals surface area contributed by atoms with E-state index >= 15 is 0 Å². The average Bonchev–Trinajstić information content (AvgIpc) is 2.29. The van der Waals surface area contributed by atoms with Gasteiger partial charge < -0.3 is 15.2 Å². The van der Waals surface area contributed by atoms with E-state index in [9.17, 15) is 9.90 Å². The molecule has 0 saturated carbocycles. The number of hydrogen-bond donors (Lipinski definition) is 2. The lowest BCUT2D eigenvalue weighted by Crippen LogP contribution is -2.14. The van der Waals surface area contributed by atoms with Crippen molar-refractivity contribution in [3.05, 3.63) is 21.1 Å². The maximum absolute atomic E-state index is 11.5. The van der Waals surface area contributed by atoms with Crippen molar-refractivity contribution in [2.75, 3.05) is 19.0 Å². The van der Waals surface area contributed by atoms with Gasteiger partial charge in [-0.1, -0.05) is 34.8 Å². The average molecular weight is 299 g/mol. The first-order valence-corrected chi connectivity index (χ1v) is 5.76. The van der Waals surface area contributed by atoms with E-state index in [2.05, 4.69) is 5.32 Å². The molecule has 4 nitrogen and oxygen atoms in total. The number of benzene rings is 1. The lowest BCUT2D eigenvalue weighted by molar-refractivity contribution is -0.117. The van der Waals surface area contributed by atoms with E-state index in [1.807, 2.05) is 0 Å². The van der Waals surface area contributed by atoms with E-state index in [1.165, 1.54) is 13.2 Å². The molecule has 2 N–H and O–H groups in total. The van der Waals surface area contributed by atoms with Crippen LogP contribution in [0.5, 0.6) is 5.75 Å². The van der Waals surface area contributed by atoms with Crippen LogP contribution in [0.2, 0.25) is 15.1 Å². The predicted molar refractivity (Wildman–Crippen MR) is 68.3 cm³/mol. The maximum atomic E-state index is 11.5. The van der Waals surface area contributed by atoms with Crippen LogP contribution in [0, 0.1) is 0 Å². The summed E-state index contributed by atoms with van der Waals surface area (Å²) in [6.45, 7) is 0.262. The van der Waals surface area contributed by atoms with Gasteiger partial charge in [0.15, 0.2) is 5.75 Å². The standard InChI is InChI=1S/C10H10Cl3NO3/c1-17-3-2-7(15)14-9-8(13)5(11)4-6(12)10(9)16/h4,16H,2-3H2,1H3,(H,14,15). The van der Waals surface area contributed by atoms with Crippen LogP contribution in [0.1, 0.15) is 6.42 Å². The van der Waals surface area contributed by atoms with Crippen LogP contribution in [0.3, 0.4) is 0 Å². The molecule has 1 rings (SSSR count). The molecule has 0 unspecified atom stereocenters. The number of aromatic hydroxyl groups is 1. The molecule has 0 aromatic heterocycles. The summed E-state index contributed by atoms with van der Waals surface area (Å²) in [7, 11) is 1.48. The summed E-state index contributed by atoms with van der Waals surface area (Å²) in [5.74, 6) is -0.672. The Hall–Kier alpha value is -0.680. The summed E-state index contributed by atoms with van der Waals surface area (Å²) >= 11 is 17.3. The van der Waals surface area contributed by atoms with Crippen LogP contribution in [-0.4, -0.2) is 24.7 Å². The van der Waals surface area contributed by atoms with Crippen molar-refractivity contribution >= 4 is 46.4 Å². The minimum atomic E-state index is -0.359. The number of halogens is 3. The van der Waals surface area contributed by atoms with E-state index in [0.717, 1.165) is 0 Å². The SMILES string of the molecule is COCCC(=O)Nc1c(O)c(Cl)cc(Cl)c1Cl. The van der Waals surface area contributed by atoms with Gasteiger partial charge >= 0.3 is 0 Å². The highest BCUT2D eigenvalue weighted by Crippen LogP contribution is 2.42. The van der Waals surface area contributed by atoms with Gasteiger partial charge in [-0.2, -0.15) is 0 Å². The number of methoxy groups -OCH3 is 1. The minimum Gasteiger partial charge on any atom is -0.504 e. The van der Waals surface area contributed by atoms with Gasteiger partial charge in [0.05, 0.1) is 28.1 Å². The van der Waals surface area contributed by atoms with Gasteiger partial charge in [0.2, 0.25) is 5.91 Å². The molecule has 1 amide bonds. The van der Waals surface area contributed by atoms with Crippen molar-refractivity contribution in [3.63, 3.8) is 0 Å². The summed E-state index contributed by atoms with van der Waals surface area (Å²) in [6.07, 6.45) is 0.135. The van der Waals surface area contributed by atoms with Gasteiger partial charge in [-0.05, 0) is 6.07 Å². The van der Waals surface area contributed by atoms with Crippen LogP contribution in [0.4, 0.5) is 5.69 Å². The fourth-order valence-corrected chi connectivity index (χ4v) is 1.75. The Morgan fingerprint density at radius 3 is 2.65 bits per heavy atom. The van der Waals surface area contributed by atoms with E-state index < -0.39 is 0 Å². The second-order valence-corrected chi connectivity index (χ2v) is 4.36. The zero-order chi connectivity index (χ0) is 13.0. The number of phenols is 1. The Morgan fingerprint density at radius 2 is 2.06 bits per heavy atom. The second-order valence-electron chi connectivity index (χ2n) is 3.17. The molecule has 0 aliphatic carbocycles. The van der Waals surface area contributed by atoms with Crippen molar-refractivity contribution < 1.29 is 14.6 Å². The summed E-state index contributed by atoms with van der Waals surface area (Å²) in [5, 5.41) is 12.3. The third-order valence-corrected chi connectivity index (χ3v) is 3.02. The largest absolute Gasteiger partial charge is 0.504 e. The highest BCUT2D eigenvalue weighted by Gasteiger charge is 2.16. The Balaban J connectivity index is 2.94. The third-order valence-electron chi connectivity index (χ3n) is 1.94. The molecule has 0 fully saturated rings. The molecule has 0 radical (unpaired) electrons. The van der Waals surface area contributed by atoms with Gasteiger partial charge in [-0.25, -0.2) is 0 Å². The van der Waals surface area contributed by atoms with Gasteiger partial charge in [0, 0.05) is 7.11 Å². The molecule has 94 valence electrons. The minimum absolute atomic E-state index is 0.00488. The maximum Gasteiger partial charge on any atom is 0.226 e. The van der Waals surface area contributed by atoms with Gasteiger partial charge in [-0.15, -0.1) is 0 Å². The van der Waals surface area contributed by atoms with Crippen LogP contribution in [-0.2, 0) is 9.53 Å². The second kappa shape index (κ2) is 6.31. The number of anilines is 1. The number of hydrogen-bond acceptors (Lipinski definition) is 3. The summed E-state index contributed by atoms with van der Waals surface area (Å²) in [6, 6.07) is 1.30. The van der Waals surface area contributed by atoms with Gasteiger partial charge in [-0.3, -0.25) is 4.79 Å².